The highest BCUT2D eigenvalue weighted by Gasteiger charge is 2.33. The number of rotatable bonds is 0. The first-order valence-electron chi connectivity index (χ1n) is 6.04. The molecule has 0 aromatic rings. The Morgan fingerprint density at radius 1 is 1.07 bits per heavy atom. The number of allylic oxidation sites excluding steroid dienone is 6. The van der Waals surface area contributed by atoms with Crippen molar-refractivity contribution in [3.8, 4) is 0 Å². The Labute approximate surface area is 96.7 Å². The molecular formula is C14H17Cl. The zero-order chi connectivity index (χ0) is 10.3. The van der Waals surface area contributed by atoms with Crippen molar-refractivity contribution < 1.29 is 0 Å². The minimum Gasteiger partial charge on any atom is -0.0882 e. The molecule has 1 fully saturated rings. The highest BCUT2D eigenvalue weighted by Crippen LogP contribution is 2.46. The molecule has 0 aromatic heterocycles. The predicted molar refractivity (Wildman–Crippen MR) is 64.7 cm³/mol. The van der Waals surface area contributed by atoms with E-state index in [0.29, 0.717) is 0 Å². The van der Waals surface area contributed by atoms with Crippen LogP contribution in [0.15, 0.2) is 34.9 Å². The first-order valence-corrected chi connectivity index (χ1v) is 6.42. The third-order valence-electron chi connectivity index (χ3n) is 4.24. The third-order valence-corrected chi connectivity index (χ3v) is 4.50. The fraction of sp³-hybridized carbons (Fsp3) is 0.571. The van der Waals surface area contributed by atoms with Gasteiger partial charge in [0.15, 0.2) is 0 Å². The van der Waals surface area contributed by atoms with Gasteiger partial charge in [-0.05, 0) is 55.9 Å². The molecule has 0 spiro atoms. The van der Waals surface area contributed by atoms with E-state index in [1.54, 1.807) is 5.57 Å². The number of halogens is 1. The van der Waals surface area contributed by atoms with Crippen molar-refractivity contribution in [2.24, 2.45) is 17.8 Å². The lowest BCUT2D eigenvalue weighted by atomic mass is 9.66. The number of fused-ring (bicyclic) bond motifs is 2. The van der Waals surface area contributed by atoms with Crippen molar-refractivity contribution in [3.05, 3.63) is 34.9 Å². The second-order valence-corrected chi connectivity index (χ2v) is 5.58. The Morgan fingerprint density at radius 3 is 2.73 bits per heavy atom. The van der Waals surface area contributed by atoms with E-state index in [-0.39, 0.29) is 0 Å². The van der Waals surface area contributed by atoms with Gasteiger partial charge in [0.1, 0.15) is 0 Å². The molecule has 3 atom stereocenters. The number of hydrogen-bond donors (Lipinski definition) is 0. The van der Waals surface area contributed by atoms with Crippen LogP contribution in [0.4, 0.5) is 0 Å². The summed E-state index contributed by atoms with van der Waals surface area (Å²) < 4.78 is 0. The van der Waals surface area contributed by atoms with Crippen LogP contribution in [0.3, 0.4) is 0 Å². The highest BCUT2D eigenvalue weighted by atomic mass is 35.5. The molecule has 1 heteroatoms. The summed E-state index contributed by atoms with van der Waals surface area (Å²) in [5.41, 5.74) is 1.62. The van der Waals surface area contributed by atoms with Crippen molar-refractivity contribution in [1.82, 2.24) is 0 Å². The van der Waals surface area contributed by atoms with Crippen LogP contribution >= 0.6 is 11.6 Å². The van der Waals surface area contributed by atoms with Crippen LogP contribution in [0.2, 0.25) is 0 Å². The Balaban J connectivity index is 1.82. The van der Waals surface area contributed by atoms with Crippen LogP contribution in [0.25, 0.3) is 0 Å². The molecular weight excluding hydrogens is 204 g/mol. The molecule has 0 bridgehead atoms. The third kappa shape index (κ3) is 1.80. The topological polar surface area (TPSA) is 0 Å². The molecule has 0 N–H and O–H groups in total. The lowest BCUT2D eigenvalue weighted by molar-refractivity contribution is 0.224. The summed E-state index contributed by atoms with van der Waals surface area (Å²) in [7, 11) is 0. The average molecular weight is 221 g/mol. The maximum atomic E-state index is 6.08. The van der Waals surface area contributed by atoms with Crippen molar-refractivity contribution in [2.45, 2.75) is 32.1 Å². The van der Waals surface area contributed by atoms with Gasteiger partial charge in [0.25, 0.3) is 0 Å². The lowest BCUT2D eigenvalue weighted by Gasteiger charge is -2.40. The van der Waals surface area contributed by atoms with E-state index in [2.05, 4.69) is 24.3 Å². The van der Waals surface area contributed by atoms with Crippen LogP contribution in [-0.4, -0.2) is 0 Å². The first-order chi connectivity index (χ1) is 7.33. The van der Waals surface area contributed by atoms with E-state index >= 15 is 0 Å². The van der Waals surface area contributed by atoms with E-state index in [1.165, 1.54) is 32.1 Å². The molecule has 0 amide bonds. The average Bonchev–Trinajstić information content (AvgIpc) is 2.26. The van der Waals surface area contributed by atoms with E-state index in [0.717, 1.165) is 22.8 Å². The van der Waals surface area contributed by atoms with Crippen LogP contribution in [0.5, 0.6) is 0 Å². The maximum Gasteiger partial charge on any atom is 0.0366 e. The summed E-state index contributed by atoms with van der Waals surface area (Å²) in [6, 6.07) is 0. The van der Waals surface area contributed by atoms with E-state index in [9.17, 15) is 0 Å². The van der Waals surface area contributed by atoms with Crippen molar-refractivity contribution in [1.29, 1.82) is 0 Å². The van der Waals surface area contributed by atoms with Gasteiger partial charge in [-0.25, -0.2) is 0 Å². The standard InChI is InChI=1S/C14H17Cl/c15-14-6-5-12-7-10-3-1-2-4-11(10)8-13(12)9-14/h1-2,6,9-12H,3-5,7-8H2. The molecule has 80 valence electrons. The summed E-state index contributed by atoms with van der Waals surface area (Å²) in [5.74, 6) is 2.66. The molecule has 0 saturated heterocycles. The molecule has 3 unspecified atom stereocenters. The molecule has 1 saturated carbocycles. The molecule has 0 aliphatic heterocycles. The fourth-order valence-corrected chi connectivity index (χ4v) is 3.60. The molecule has 15 heavy (non-hydrogen) atoms. The second-order valence-electron chi connectivity index (χ2n) is 5.14. The largest absolute Gasteiger partial charge is 0.0882 e. The lowest BCUT2D eigenvalue weighted by Crippen LogP contribution is -2.28. The van der Waals surface area contributed by atoms with Gasteiger partial charge >= 0.3 is 0 Å². The second kappa shape index (κ2) is 3.83. The van der Waals surface area contributed by atoms with E-state index in [4.69, 9.17) is 11.6 Å². The normalized spacial score (nSPS) is 38.9. The smallest absolute Gasteiger partial charge is 0.0366 e. The van der Waals surface area contributed by atoms with Gasteiger partial charge in [0.2, 0.25) is 0 Å². The minimum absolute atomic E-state index is 0.806. The van der Waals surface area contributed by atoms with Crippen molar-refractivity contribution in [2.75, 3.05) is 0 Å². The van der Waals surface area contributed by atoms with Gasteiger partial charge < -0.3 is 0 Å². The van der Waals surface area contributed by atoms with Crippen molar-refractivity contribution in [3.63, 3.8) is 0 Å². The van der Waals surface area contributed by atoms with Gasteiger partial charge in [-0.3, -0.25) is 0 Å². The predicted octanol–water partition coefficient (Wildman–Crippen LogP) is 4.43. The molecule has 0 heterocycles. The Bertz CT molecular complexity index is 348. The Hall–Kier alpha value is -0.490. The molecule has 3 aliphatic carbocycles. The highest BCUT2D eigenvalue weighted by molar-refractivity contribution is 6.31. The first kappa shape index (κ1) is 9.72. The van der Waals surface area contributed by atoms with E-state index in [1.807, 2.05) is 0 Å². The van der Waals surface area contributed by atoms with Gasteiger partial charge in [-0.15, -0.1) is 0 Å². The zero-order valence-corrected chi connectivity index (χ0v) is 9.71. The van der Waals surface area contributed by atoms with Crippen LogP contribution < -0.4 is 0 Å². The number of hydrogen-bond acceptors (Lipinski definition) is 0. The van der Waals surface area contributed by atoms with Crippen LogP contribution in [0, 0.1) is 17.8 Å². The summed E-state index contributed by atoms with van der Waals surface area (Å²) in [6.45, 7) is 0. The quantitative estimate of drug-likeness (QED) is 0.530. The Morgan fingerprint density at radius 2 is 1.87 bits per heavy atom. The summed E-state index contributed by atoms with van der Waals surface area (Å²) in [4.78, 5) is 0. The molecule has 0 aromatic carbocycles. The molecule has 0 radical (unpaired) electrons. The zero-order valence-electron chi connectivity index (χ0n) is 8.95. The van der Waals surface area contributed by atoms with Crippen LogP contribution in [0.1, 0.15) is 32.1 Å². The van der Waals surface area contributed by atoms with Crippen LogP contribution in [-0.2, 0) is 0 Å². The van der Waals surface area contributed by atoms with Gasteiger partial charge in [-0.2, -0.15) is 0 Å². The molecule has 3 rings (SSSR count). The van der Waals surface area contributed by atoms with Crippen molar-refractivity contribution >= 4 is 11.6 Å². The fourth-order valence-electron chi connectivity index (χ4n) is 3.37. The van der Waals surface area contributed by atoms with Gasteiger partial charge in [-0.1, -0.05) is 35.4 Å². The minimum atomic E-state index is 0.806. The van der Waals surface area contributed by atoms with Gasteiger partial charge in [0.05, 0.1) is 0 Å². The SMILES string of the molecule is ClC1=CCC2CC3CC=CCC3CC2=C1. The maximum absolute atomic E-state index is 6.08. The molecule has 0 nitrogen and oxygen atoms in total. The summed E-state index contributed by atoms with van der Waals surface area (Å²) in [5, 5.41) is 0.964. The monoisotopic (exact) mass is 220 g/mol. The van der Waals surface area contributed by atoms with E-state index < -0.39 is 0 Å². The Kier molecular flexibility index (Phi) is 2.48. The summed E-state index contributed by atoms with van der Waals surface area (Å²) in [6.07, 6.45) is 15.6. The molecule has 3 aliphatic rings. The van der Waals surface area contributed by atoms with Gasteiger partial charge in [0, 0.05) is 5.03 Å². The summed E-state index contributed by atoms with van der Waals surface area (Å²) >= 11 is 6.08.